The first-order chi connectivity index (χ1) is 8.56. The van der Waals surface area contributed by atoms with E-state index in [4.69, 9.17) is 0 Å². The summed E-state index contributed by atoms with van der Waals surface area (Å²) >= 11 is 1.31. The van der Waals surface area contributed by atoms with E-state index >= 15 is 0 Å². The first-order valence-corrected chi connectivity index (χ1v) is 6.92. The number of likely N-dealkylation sites (tertiary alicyclic amines) is 1. The minimum atomic E-state index is 0.116. The number of thioether (sulfide) groups is 1. The highest BCUT2D eigenvalue weighted by Crippen LogP contribution is 2.23. The Kier molecular flexibility index (Phi) is 4.06. The van der Waals surface area contributed by atoms with Crippen LogP contribution in [0.15, 0.2) is 12.4 Å². The molecule has 0 spiro atoms. The van der Waals surface area contributed by atoms with E-state index in [1.165, 1.54) is 11.8 Å². The van der Waals surface area contributed by atoms with Gasteiger partial charge in [0.15, 0.2) is 5.12 Å². The zero-order valence-corrected chi connectivity index (χ0v) is 11.4. The van der Waals surface area contributed by atoms with Crippen molar-refractivity contribution in [1.29, 1.82) is 0 Å². The summed E-state index contributed by atoms with van der Waals surface area (Å²) in [6.07, 6.45) is 4.16. The van der Waals surface area contributed by atoms with Gasteiger partial charge in [-0.05, 0) is 5.92 Å². The molecule has 0 N–H and O–H groups in total. The third-order valence-electron chi connectivity index (χ3n) is 3.07. The maximum Gasteiger partial charge on any atom is 0.223 e. The van der Waals surface area contributed by atoms with Crippen molar-refractivity contribution in [3.05, 3.63) is 18.2 Å². The number of nitrogens with zero attached hydrogens (tertiary/aromatic N) is 3. The van der Waals surface area contributed by atoms with Crippen LogP contribution in [0.4, 0.5) is 0 Å². The second-order valence-corrected chi connectivity index (χ2v) is 5.80. The normalized spacial score (nSPS) is 19.6. The van der Waals surface area contributed by atoms with Gasteiger partial charge in [-0.3, -0.25) is 9.59 Å². The molecule has 1 unspecified atom stereocenters. The maximum absolute atomic E-state index is 11.9. The summed E-state index contributed by atoms with van der Waals surface area (Å²) in [5.74, 6) is 2.07. The van der Waals surface area contributed by atoms with E-state index in [-0.39, 0.29) is 16.9 Å². The molecule has 2 rings (SSSR count). The molecule has 0 aliphatic carbocycles. The largest absolute Gasteiger partial charge is 0.337 e. The maximum atomic E-state index is 11.9. The van der Waals surface area contributed by atoms with Crippen LogP contribution in [-0.4, -0.2) is 37.8 Å². The highest BCUT2D eigenvalue weighted by atomic mass is 32.2. The molecule has 1 amide bonds. The van der Waals surface area contributed by atoms with Crippen LogP contribution in [0.1, 0.15) is 19.2 Å². The first-order valence-electron chi connectivity index (χ1n) is 5.93. The Hall–Kier alpha value is -1.30. The lowest BCUT2D eigenvalue weighted by Gasteiger charge is -2.16. The Morgan fingerprint density at radius 1 is 1.61 bits per heavy atom. The molecule has 18 heavy (non-hydrogen) atoms. The van der Waals surface area contributed by atoms with Crippen molar-refractivity contribution in [1.82, 2.24) is 14.5 Å². The molecule has 2 heterocycles. The average Bonchev–Trinajstić information content (AvgIpc) is 2.85. The standard InChI is InChI=1S/C12H17N3O2S/c1-9(16)18-8-10-5-12(17)15(6-10)7-11-13-3-4-14(11)2/h3-4,10H,5-8H2,1-2H3. The first kappa shape index (κ1) is 13.1. The summed E-state index contributed by atoms with van der Waals surface area (Å²) in [6, 6.07) is 0. The quantitative estimate of drug-likeness (QED) is 0.818. The van der Waals surface area contributed by atoms with Gasteiger partial charge in [0.05, 0.1) is 6.54 Å². The summed E-state index contributed by atoms with van der Waals surface area (Å²) in [6.45, 7) is 2.85. The lowest BCUT2D eigenvalue weighted by molar-refractivity contribution is -0.128. The summed E-state index contributed by atoms with van der Waals surface area (Å²) < 4.78 is 1.92. The van der Waals surface area contributed by atoms with E-state index < -0.39 is 0 Å². The van der Waals surface area contributed by atoms with E-state index in [2.05, 4.69) is 4.98 Å². The SMILES string of the molecule is CC(=O)SCC1CC(=O)N(Cc2nccn2C)C1. The number of carbonyl (C=O) groups excluding carboxylic acids is 2. The lowest BCUT2D eigenvalue weighted by atomic mass is 10.1. The van der Waals surface area contributed by atoms with Crippen LogP contribution in [0.5, 0.6) is 0 Å². The molecule has 6 heteroatoms. The number of hydrogen-bond acceptors (Lipinski definition) is 4. The topological polar surface area (TPSA) is 55.2 Å². The van der Waals surface area contributed by atoms with Crippen LogP contribution in [0, 0.1) is 5.92 Å². The Morgan fingerprint density at radius 3 is 3.00 bits per heavy atom. The molecule has 1 atom stereocenters. The fourth-order valence-corrected chi connectivity index (χ4v) is 2.77. The van der Waals surface area contributed by atoms with Gasteiger partial charge < -0.3 is 9.47 Å². The molecule has 1 aliphatic rings. The van der Waals surface area contributed by atoms with Crippen LogP contribution in [-0.2, 0) is 23.2 Å². The van der Waals surface area contributed by atoms with Gasteiger partial charge in [-0.2, -0.15) is 0 Å². The second kappa shape index (κ2) is 5.56. The Bertz CT molecular complexity index is 458. The monoisotopic (exact) mass is 267 g/mol. The van der Waals surface area contributed by atoms with Crippen LogP contribution in [0.2, 0.25) is 0 Å². The van der Waals surface area contributed by atoms with Crippen molar-refractivity contribution in [2.24, 2.45) is 13.0 Å². The van der Waals surface area contributed by atoms with E-state index in [0.29, 0.717) is 13.0 Å². The number of rotatable bonds is 4. The molecule has 1 aromatic rings. The van der Waals surface area contributed by atoms with Gasteiger partial charge in [0.2, 0.25) is 5.91 Å². The highest BCUT2D eigenvalue weighted by Gasteiger charge is 2.30. The average molecular weight is 267 g/mol. The van der Waals surface area contributed by atoms with Gasteiger partial charge in [-0.1, -0.05) is 11.8 Å². The van der Waals surface area contributed by atoms with E-state index in [1.54, 1.807) is 13.1 Å². The van der Waals surface area contributed by atoms with Crippen LogP contribution >= 0.6 is 11.8 Å². The Labute approximate surface area is 111 Å². The van der Waals surface area contributed by atoms with Crippen molar-refractivity contribution >= 4 is 22.8 Å². The molecule has 1 aromatic heterocycles. The third-order valence-corrected chi connectivity index (χ3v) is 4.11. The number of hydrogen-bond donors (Lipinski definition) is 0. The summed E-state index contributed by atoms with van der Waals surface area (Å²) in [4.78, 5) is 28.8. The predicted molar refractivity (Wildman–Crippen MR) is 69.9 cm³/mol. The molecular formula is C12H17N3O2S. The van der Waals surface area contributed by atoms with Gasteiger partial charge in [-0.15, -0.1) is 0 Å². The van der Waals surface area contributed by atoms with E-state index in [1.807, 2.05) is 22.7 Å². The molecule has 0 radical (unpaired) electrons. The van der Waals surface area contributed by atoms with Gasteiger partial charge in [0.25, 0.3) is 0 Å². The molecule has 0 aromatic carbocycles. The number of imidazole rings is 1. The zero-order chi connectivity index (χ0) is 13.1. The van der Waals surface area contributed by atoms with Gasteiger partial charge in [0, 0.05) is 45.1 Å². The smallest absolute Gasteiger partial charge is 0.223 e. The molecule has 0 saturated carbocycles. The van der Waals surface area contributed by atoms with Crippen molar-refractivity contribution in [2.45, 2.75) is 19.9 Å². The third kappa shape index (κ3) is 3.13. The number of carbonyl (C=O) groups is 2. The van der Waals surface area contributed by atoms with Gasteiger partial charge in [-0.25, -0.2) is 4.98 Å². The highest BCUT2D eigenvalue weighted by molar-refractivity contribution is 8.13. The van der Waals surface area contributed by atoms with Crippen LogP contribution < -0.4 is 0 Å². The number of amides is 1. The number of aryl methyl sites for hydroxylation is 1. The van der Waals surface area contributed by atoms with Crippen molar-refractivity contribution < 1.29 is 9.59 Å². The predicted octanol–water partition coefficient (Wildman–Crippen LogP) is 1.05. The molecular weight excluding hydrogens is 250 g/mol. The van der Waals surface area contributed by atoms with Crippen molar-refractivity contribution in [3.8, 4) is 0 Å². The van der Waals surface area contributed by atoms with Gasteiger partial charge in [0.1, 0.15) is 5.82 Å². The van der Waals surface area contributed by atoms with E-state index in [9.17, 15) is 9.59 Å². The molecule has 1 aliphatic heterocycles. The molecule has 0 bridgehead atoms. The Balaban J connectivity index is 1.89. The molecule has 98 valence electrons. The molecule has 1 fully saturated rings. The zero-order valence-electron chi connectivity index (χ0n) is 10.6. The Morgan fingerprint density at radius 2 is 2.39 bits per heavy atom. The van der Waals surface area contributed by atoms with Crippen molar-refractivity contribution in [3.63, 3.8) is 0 Å². The molecule has 1 saturated heterocycles. The summed E-state index contributed by atoms with van der Waals surface area (Å²) in [5.41, 5.74) is 0. The van der Waals surface area contributed by atoms with Crippen molar-refractivity contribution in [2.75, 3.05) is 12.3 Å². The minimum absolute atomic E-state index is 0.116. The van der Waals surface area contributed by atoms with Gasteiger partial charge >= 0.3 is 0 Å². The van der Waals surface area contributed by atoms with E-state index in [0.717, 1.165) is 18.1 Å². The second-order valence-electron chi connectivity index (χ2n) is 4.60. The summed E-state index contributed by atoms with van der Waals surface area (Å²) in [5, 5.41) is 0.116. The van der Waals surface area contributed by atoms with Crippen LogP contribution in [0.25, 0.3) is 0 Å². The number of aromatic nitrogens is 2. The lowest BCUT2D eigenvalue weighted by Crippen LogP contribution is -2.26. The summed E-state index contributed by atoms with van der Waals surface area (Å²) in [7, 11) is 1.92. The molecule has 5 nitrogen and oxygen atoms in total. The fourth-order valence-electron chi connectivity index (χ4n) is 2.07. The minimum Gasteiger partial charge on any atom is -0.337 e. The van der Waals surface area contributed by atoms with Crippen LogP contribution in [0.3, 0.4) is 0 Å². The fraction of sp³-hybridized carbons (Fsp3) is 0.583.